The summed E-state index contributed by atoms with van der Waals surface area (Å²) in [6.45, 7) is 0.514. The summed E-state index contributed by atoms with van der Waals surface area (Å²) in [5, 5.41) is 0. The predicted octanol–water partition coefficient (Wildman–Crippen LogP) is 2.03. The Morgan fingerprint density at radius 2 is 1.75 bits per heavy atom. The summed E-state index contributed by atoms with van der Waals surface area (Å²) >= 11 is 5.36. The van der Waals surface area contributed by atoms with Crippen LogP contribution in [-0.2, 0) is 14.8 Å². The van der Waals surface area contributed by atoms with Gasteiger partial charge in [0.15, 0.2) is 4.90 Å². The van der Waals surface area contributed by atoms with E-state index in [1.807, 2.05) is 4.72 Å². The quantitative estimate of drug-likeness (QED) is 0.586. The largest absolute Gasteiger partial charge is 0.380 e. The molecule has 0 atom stereocenters. The Morgan fingerprint density at radius 3 is 2.30 bits per heavy atom. The molecule has 1 aromatic carbocycles. The molecule has 0 spiro atoms. The first kappa shape index (κ1) is 17.2. The van der Waals surface area contributed by atoms with Crippen molar-refractivity contribution in [2.24, 2.45) is 0 Å². The van der Waals surface area contributed by atoms with Gasteiger partial charge in [-0.3, -0.25) is 0 Å². The van der Waals surface area contributed by atoms with Crippen molar-refractivity contribution in [1.82, 2.24) is 4.72 Å². The Morgan fingerprint density at radius 1 is 1.15 bits per heavy atom. The van der Waals surface area contributed by atoms with Gasteiger partial charge in [-0.1, -0.05) is 0 Å². The second-order valence-electron chi connectivity index (χ2n) is 3.75. The molecule has 114 valence electrons. The van der Waals surface area contributed by atoms with Crippen LogP contribution < -0.4 is 4.72 Å². The van der Waals surface area contributed by atoms with E-state index < -0.39 is 32.4 Å². The molecule has 0 saturated heterocycles. The van der Waals surface area contributed by atoms with Crippen molar-refractivity contribution in [1.29, 1.82) is 0 Å². The molecule has 1 aromatic rings. The number of ether oxygens (including phenoxy) is 1. The molecule has 0 radical (unpaired) electrons. The summed E-state index contributed by atoms with van der Waals surface area (Å²) in [5.41, 5.74) is 0. The zero-order valence-electron chi connectivity index (χ0n) is 10.3. The predicted molar refractivity (Wildman–Crippen MR) is 67.7 cm³/mol. The van der Waals surface area contributed by atoms with Gasteiger partial charge in [-0.05, 0) is 6.42 Å². The van der Waals surface area contributed by atoms with Gasteiger partial charge in [-0.2, -0.15) is 0 Å². The SMILES string of the molecule is O=S(=O)(NCCCOCCCl)c1c(F)cc(F)cc1F. The van der Waals surface area contributed by atoms with Crippen LogP contribution in [0.4, 0.5) is 13.2 Å². The van der Waals surface area contributed by atoms with Crippen molar-refractivity contribution >= 4 is 21.6 Å². The Balaban J connectivity index is 2.66. The molecule has 0 unspecified atom stereocenters. The van der Waals surface area contributed by atoms with Crippen LogP contribution in [-0.4, -0.2) is 34.1 Å². The lowest BCUT2D eigenvalue weighted by molar-refractivity contribution is 0.147. The molecule has 1 N–H and O–H groups in total. The van der Waals surface area contributed by atoms with E-state index in [0.717, 1.165) is 0 Å². The molecule has 0 aliphatic rings. The fourth-order valence-electron chi connectivity index (χ4n) is 1.40. The van der Waals surface area contributed by atoms with Crippen molar-refractivity contribution in [2.75, 3.05) is 25.6 Å². The number of hydrogen-bond donors (Lipinski definition) is 1. The summed E-state index contributed by atoms with van der Waals surface area (Å²) in [6, 6.07) is 0.614. The van der Waals surface area contributed by atoms with Crippen LogP contribution in [0.1, 0.15) is 6.42 Å². The highest BCUT2D eigenvalue weighted by molar-refractivity contribution is 7.89. The van der Waals surface area contributed by atoms with Gasteiger partial charge in [0.2, 0.25) is 10.0 Å². The lowest BCUT2D eigenvalue weighted by Gasteiger charge is -2.09. The van der Waals surface area contributed by atoms with Gasteiger partial charge >= 0.3 is 0 Å². The Hall–Kier alpha value is -0.830. The summed E-state index contributed by atoms with van der Waals surface area (Å²) in [4.78, 5) is -1.19. The van der Waals surface area contributed by atoms with Crippen molar-refractivity contribution in [3.05, 3.63) is 29.6 Å². The van der Waals surface area contributed by atoms with Crippen LogP contribution in [0, 0.1) is 17.5 Å². The first-order valence-electron chi connectivity index (χ1n) is 5.66. The van der Waals surface area contributed by atoms with Crippen LogP contribution in [0.25, 0.3) is 0 Å². The summed E-state index contributed by atoms with van der Waals surface area (Å²) in [5.74, 6) is -3.83. The highest BCUT2D eigenvalue weighted by Gasteiger charge is 2.24. The zero-order valence-corrected chi connectivity index (χ0v) is 11.9. The second kappa shape index (κ2) is 7.82. The lowest BCUT2D eigenvalue weighted by Crippen LogP contribution is -2.27. The van der Waals surface area contributed by atoms with Gasteiger partial charge in [-0.15, -0.1) is 11.6 Å². The van der Waals surface area contributed by atoms with Gasteiger partial charge in [-0.25, -0.2) is 26.3 Å². The number of benzene rings is 1. The van der Waals surface area contributed by atoms with E-state index in [0.29, 0.717) is 31.0 Å². The topological polar surface area (TPSA) is 55.4 Å². The molecule has 0 heterocycles. The zero-order chi connectivity index (χ0) is 15.2. The molecule has 0 aromatic heterocycles. The Bertz CT molecular complexity index is 531. The minimum Gasteiger partial charge on any atom is -0.380 e. The number of alkyl halides is 1. The highest BCUT2D eigenvalue weighted by Crippen LogP contribution is 2.19. The molecular formula is C11H13ClF3NO3S. The molecule has 0 amide bonds. The molecule has 0 bridgehead atoms. The molecule has 0 fully saturated rings. The third kappa shape index (κ3) is 4.93. The fourth-order valence-corrected chi connectivity index (χ4v) is 2.69. The molecule has 9 heteroatoms. The number of halogens is 4. The van der Waals surface area contributed by atoms with Gasteiger partial charge in [0.25, 0.3) is 0 Å². The molecule has 4 nitrogen and oxygen atoms in total. The van der Waals surface area contributed by atoms with Crippen molar-refractivity contribution < 1.29 is 26.3 Å². The number of nitrogens with one attached hydrogen (secondary N) is 1. The van der Waals surface area contributed by atoms with E-state index in [4.69, 9.17) is 16.3 Å². The second-order valence-corrected chi connectivity index (χ2v) is 5.83. The van der Waals surface area contributed by atoms with Crippen molar-refractivity contribution in [3.8, 4) is 0 Å². The first-order valence-corrected chi connectivity index (χ1v) is 7.68. The smallest absolute Gasteiger partial charge is 0.246 e. The van der Waals surface area contributed by atoms with E-state index >= 15 is 0 Å². The van der Waals surface area contributed by atoms with Crippen molar-refractivity contribution in [2.45, 2.75) is 11.3 Å². The maximum absolute atomic E-state index is 13.3. The third-order valence-corrected chi connectivity index (χ3v) is 3.88. The molecule has 0 aliphatic heterocycles. The van der Waals surface area contributed by atoms with E-state index in [1.165, 1.54) is 0 Å². The number of rotatable bonds is 8. The molecule has 0 aliphatic carbocycles. The summed E-state index contributed by atoms with van der Waals surface area (Å²) < 4.78 is 69.8. The van der Waals surface area contributed by atoms with E-state index in [2.05, 4.69) is 0 Å². The van der Waals surface area contributed by atoms with Gasteiger partial charge < -0.3 is 4.74 Å². The number of sulfonamides is 1. The monoisotopic (exact) mass is 331 g/mol. The highest BCUT2D eigenvalue weighted by atomic mass is 35.5. The van der Waals surface area contributed by atoms with Gasteiger partial charge in [0, 0.05) is 31.2 Å². The summed E-state index contributed by atoms with van der Waals surface area (Å²) in [7, 11) is -4.38. The normalized spacial score (nSPS) is 11.8. The van der Waals surface area contributed by atoms with Crippen LogP contribution in [0.5, 0.6) is 0 Å². The molecule has 20 heavy (non-hydrogen) atoms. The average molecular weight is 332 g/mol. The van der Waals surface area contributed by atoms with Crippen LogP contribution in [0.3, 0.4) is 0 Å². The van der Waals surface area contributed by atoms with Gasteiger partial charge in [0.1, 0.15) is 17.5 Å². The standard InChI is InChI=1S/C11H13ClF3NO3S/c12-2-5-19-4-1-3-16-20(17,18)11-9(14)6-8(13)7-10(11)15/h6-7,16H,1-5H2. The lowest BCUT2D eigenvalue weighted by atomic mass is 10.3. The maximum Gasteiger partial charge on any atom is 0.246 e. The molecule has 0 saturated carbocycles. The Labute approximate surface area is 119 Å². The van der Waals surface area contributed by atoms with Crippen LogP contribution in [0.2, 0.25) is 0 Å². The van der Waals surface area contributed by atoms with Crippen LogP contribution in [0.15, 0.2) is 17.0 Å². The Kier molecular flexibility index (Phi) is 6.74. The van der Waals surface area contributed by atoms with Gasteiger partial charge in [0.05, 0.1) is 6.61 Å². The minimum atomic E-state index is -4.38. The molecule has 1 rings (SSSR count). The van der Waals surface area contributed by atoms with Crippen LogP contribution >= 0.6 is 11.6 Å². The first-order chi connectivity index (χ1) is 9.38. The maximum atomic E-state index is 13.3. The van der Waals surface area contributed by atoms with E-state index in [-0.39, 0.29) is 13.2 Å². The number of hydrogen-bond acceptors (Lipinski definition) is 3. The fraction of sp³-hybridized carbons (Fsp3) is 0.455. The van der Waals surface area contributed by atoms with E-state index in [9.17, 15) is 21.6 Å². The molecular weight excluding hydrogens is 319 g/mol. The van der Waals surface area contributed by atoms with E-state index in [1.54, 1.807) is 0 Å². The van der Waals surface area contributed by atoms with Crippen molar-refractivity contribution in [3.63, 3.8) is 0 Å². The third-order valence-electron chi connectivity index (χ3n) is 2.21. The average Bonchev–Trinajstić information content (AvgIpc) is 2.31. The minimum absolute atomic E-state index is 0.0686. The summed E-state index contributed by atoms with van der Waals surface area (Å²) in [6.07, 6.45) is 0.306.